The van der Waals surface area contributed by atoms with Crippen LogP contribution < -0.4 is 16.6 Å². The minimum absolute atomic E-state index is 0.0317. The number of nitrogens with one attached hydrogen (secondary N) is 2. The van der Waals surface area contributed by atoms with E-state index in [-0.39, 0.29) is 29.8 Å². The number of fused-ring (bicyclic) bond motifs is 1. The van der Waals surface area contributed by atoms with E-state index < -0.39 is 29.1 Å². The molecule has 10 heteroatoms. The smallest absolute Gasteiger partial charge is 0.339 e. The van der Waals surface area contributed by atoms with Gasteiger partial charge in [0.15, 0.2) is 0 Å². The molecule has 0 radical (unpaired) electrons. The molecule has 3 rings (SSSR count). The predicted molar refractivity (Wildman–Crippen MR) is 111 cm³/mol. The van der Waals surface area contributed by atoms with Crippen molar-refractivity contribution in [2.24, 2.45) is 0 Å². The number of nitrogens with zero attached hydrogens (tertiary/aromatic N) is 1. The number of H-pyrrole nitrogens is 1. The molecule has 1 heterocycles. The molecule has 1 amide bonds. The number of carbonyl (C=O) groups excluding carboxylic acids is 3. The number of aromatic amines is 1. The molecule has 3 aromatic rings. The largest absolute Gasteiger partial charge is 0.465 e. The Morgan fingerprint density at radius 1 is 1.00 bits per heavy atom. The second kappa shape index (κ2) is 9.08. The molecule has 160 valence electrons. The SMILES string of the molecule is COC(=O)c1ccc(C(=O)OC)c(NC(=O)CCn2c(=O)[nH]c3ccccc3c2=O)c1. The number of methoxy groups -OCH3 is 2. The second-order valence-electron chi connectivity index (χ2n) is 6.47. The molecular formula is C21H19N3O7. The lowest BCUT2D eigenvalue weighted by atomic mass is 10.1. The number of ether oxygens (including phenoxy) is 2. The molecule has 10 nitrogen and oxygen atoms in total. The van der Waals surface area contributed by atoms with Crippen molar-refractivity contribution in [2.75, 3.05) is 19.5 Å². The van der Waals surface area contributed by atoms with Crippen LogP contribution in [0.3, 0.4) is 0 Å². The van der Waals surface area contributed by atoms with Gasteiger partial charge in [-0.25, -0.2) is 14.4 Å². The number of anilines is 1. The van der Waals surface area contributed by atoms with E-state index >= 15 is 0 Å². The fourth-order valence-electron chi connectivity index (χ4n) is 3.01. The highest BCUT2D eigenvalue weighted by atomic mass is 16.5. The van der Waals surface area contributed by atoms with E-state index in [9.17, 15) is 24.0 Å². The van der Waals surface area contributed by atoms with Crippen molar-refractivity contribution in [1.29, 1.82) is 0 Å². The summed E-state index contributed by atoms with van der Waals surface area (Å²) in [5.74, 6) is -1.94. The first-order valence-corrected chi connectivity index (χ1v) is 9.18. The molecule has 0 saturated heterocycles. The maximum atomic E-state index is 12.6. The Hall–Kier alpha value is -4.21. The van der Waals surface area contributed by atoms with Crippen molar-refractivity contribution in [3.8, 4) is 0 Å². The first kappa shape index (κ1) is 21.5. The summed E-state index contributed by atoms with van der Waals surface area (Å²) < 4.78 is 10.3. The van der Waals surface area contributed by atoms with Gasteiger partial charge in [-0.15, -0.1) is 0 Å². The molecule has 0 atom stereocenters. The molecule has 31 heavy (non-hydrogen) atoms. The zero-order valence-corrected chi connectivity index (χ0v) is 16.8. The normalized spacial score (nSPS) is 10.5. The minimum Gasteiger partial charge on any atom is -0.465 e. The Kier molecular flexibility index (Phi) is 6.29. The topological polar surface area (TPSA) is 137 Å². The quantitative estimate of drug-likeness (QED) is 0.568. The highest BCUT2D eigenvalue weighted by molar-refractivity contribution is 6.03. The molecule has 0 aliphatic rings. The van der Waals surface area contributed by atoms with Crippen LogP contribution >= 0.6 is 0 Å². The first-order valence-electron chi connectivity index (χ1n) is 9.18. The Bertz CT molecular complexity index is 1290. The summed E-state index contributed by atoms with van der Waals surface area (Å²) in [5, 5.41) is 2.84. The summed E-state index contributed by atoms with van der Waals surface area (Å²) in [7, 11) is 2.38. The lowest BCUT2D eigenvalue weighted by Crippen LogP contribution is -2.36. The van der Waals surface area contributed by atoms with Crippen LogP contribution in [0.4, 0.5) is 5.69 Å². The molecule has 0 saturated carbocycles. The van der Waals surface area contributed by atoms with Crippen LogP contribution in [0.2, 0.25) is 0 Å². The molecule has 0 unspecified atom stereocenters. The van der Waals surface area contributed by atoms with Gasteiger partial charge in [-0.3, -0.25) is 14.2 Å². The summed E-state index contributed by atoms with van der Waals surface area (Å²) >= 11 is 0. The van der Waals surface area contributed by atoms with Crippen molar-refractivity contribution in [3.05, 3.63) is 74.4 Å². The van der Waals surface area contributed by atoms with E-state index in [1.54, 1.807) is 24.3 Å². The summed E-state index contributed by atoms with van der Waals surface area (Å²) in [6.07, 6.45) is -0.232. The maximum Gasteiger partial charge on any atom is 0.339 e. The van der Waals surface area contributed by atoms with Gasteiger partial charge in [0.2, 0.25) is 5.91 Å². The molecule has 2 aromatic carbocycles. The van der Waals surface area contributed by atoms with Crippen LogP contribution in [0.25, 0.3) is 10.9 Å². The Balaban J connectivity index is 1.83. The highest BCUT2D eigenvalue weighted by Crippen LogP contribution is 2.20. The Morgan fingerprint density at radius 2 is 1.71 bits per heavy atom. The van der Waals surface area contributed by atoms with Crippen LogP contribution in [0, 0.1) is 0 Å². The fourth-order valence-corrected chi connectivity index (χ4v) is 3.01. The lowest BCUT2D eigenvalue weighted by molar-refractivity contribution is -0.116. The van der Waals surface area contributed by atoms with Gasteiger partial charge in [0.25, 0.3) is 5.56 Å². The Morgan fingerprint density at radius 3 is 2.42 bits per heavy atom. The third kappa shape index (κ3) is 4.53. The number of benzene rings is 2. The standard InChI is InChI=1S/C21H19N3O7/c1-30-19(27)12-7-8-14(20(28)31-2)16(11-12)22-17(25)9-10-24-18(26)13-5-3-4-6-15(13)23-21(24)29/h3-8,11H,9-10H2,1-2H3,(H,22,25)(H,23,29). The molecule has 0 fully saturated rings. The number of esters is 2. The average molecular weight is 425 g/mol. The third-order valence-electron chi connectivity index (χ3n) is 4.57. The van der Waals surface area contributed by atoms with Gasteiger partial charge in [-0.2, -0.15) is 0 Å². The second-order valence-corrected chi connectivity index (χ2v) is 6.47. The van der Waals surface area contributed by atoms with Gasteiger partial charge in [0, 0.05) is 13.0 Å². The monoisotopic (exact) mass is 425 g/mol. The number of hydrogen-bond donors (Lipinski definition) is 2. The van der Waals surface area contributed by atoms with Crippen LogP contribution in [0.1, 0.15) is 27.1 Å². The number of rotatable bonds is 6. The van der Waals surface area contributed by atoms with Gasteiger partial charge in [-0.1, -0.05) is 12.1 Å². The van der Waals surface area contributed by atoms with Crippen LogP contribution in [0.15, 0.2) is 52.1 Å². The van der Waals surface area contributed by atoms with E-state index in [0.29, 0.717) is 10.9 Å². The van der Waals surface area contributed by atoms with E-state index in [0.717, 1.165) is 4.57 Å². The maximum absolute atomic E-state index is 12.6. The number of amides is 1. The van der Waals surface area contributed by atoms with E-state index in [1.807, 2.05) is 0 Å². The molecule has 2 N–H and O–H groups in total. The summed E-state index contributed by atoms with van der Waals surface area (Å²) in [4.78, 5) is 63.6. The molecular weight excluding hydrogens is 406 g/mol. The first-order chi connectivity index (χ1) is 14.8. The minimum atomic E-state index is -0.714. The number of hydrogen-bond acceptors (Lipinski definition) is 7. The van der Waals surface area contributed by atoms with Gasteiger partial charge < -0.3 is 19.8 Å². The third-order valence-corrected chi connectivity index (χ3v) is 4.57. The van der Waals surface area contributed by atoms with Gasteiger partial charge in [-0.05, 0) is 30.3 Å². The van der Waals surface area contributed by atoms with Crippen molar-refractivity contribution >= 4 is 34.4 Å². The van der Waals surface area contributed by atoms with Gasteiger partial charge >= 0.3 is 17.6 Å². The molecule has 0 aliphatic heterocycles. The van der Waals surface area contributed by atoms with Crippen LogP contribution in [-0.4, -0.2) is 41.6 Å². The summed E-state index contributed by atoms with van der Waals surface area (Å²) in [5.41, 5.74) is -0.563. The number of para-hydroxylation sites is 1. The predicted octanol–water partition coefficient (Wildman–Crippen LogP) is 1.29. The van der Waals surface area contributed by atoms with Crippen LogP contribution in [0.5, 0.6) is 0 Å². The number of carbonyl (C=O) groups is 3. The average Bonchev–Trinajstić information content (AvgIpc) is 2.77. The van der Waals surface area contributed by atoms with Crippen molar-refractivity contribution in [3.63, 3.8) is 0 Å². The molecule has 0 spiro atoms. The fraction of sp³-hybridized carbons (Fsp3) is 0.190. The highest BCUT2D eigenvalue weighted by Gasteiger charge is 2.18. The number of aromatic nitrogens is 2. The van der Waals surface area contributed by atoms with Crippen LogP contribution in [-0.2, 0) is 20.8 Å². The Labute approximate surface area is 175 Å². The molecule has 0 bridgehead atoms. The van der Waals surface area contributed by atoms with E-state index in [2.05, 4.69) is 19.8 Å². The van der Waals surface area contributed by atoms with E-state index in [4.69, 9.17) is 0 Å². The summed E-state index contributed by atoms with van der Waals surface area (Å²) in [6.45, 7) is -0.185. The zero-order chi connectivity index (χ0) is 22.5. The van der Waals surface area contributed by atoms with Crippen molar-refractivity contribution in [1.82, 2.24) is 9.55 Å². The molecule has 1 aromatic heterocycles. The zero-order valence-electron chi connectivity index (χ0n) is 16.8. The molecule has 0 aliphatic carbocycles. The van der Waals surface area contributed by atoms with Crippen molar-refractivity contribution in [2.45, 2.75) is 13.0 Å². The van der Waals surface area contributed by atoms with Gasteiger partial charge in [0.1, 0.15) is 0 Å². The summed E-state index contributed by atoms with van der Waals surface area (Å²) in [6, 6.07) is 10.5. The van der Waals surface area contributed by atoms with Gasteiger partial charge in [0.05, 0.1) is 41.9 Å². The van der Waals surface area contributed by atoms with Crippen molar-refractivity contribution < 1.29 is 23.9 Å². The lowest BCUT2D eigenvalue weighted by Gasteiger charge is -2.12. The van der Waals surface area contributed by atoms with E-state index in [1.165, 1.54) is 32.4 Å².